The molecule has 10 heteroatoms. The van der Waals surface area contributed by atoms with E-state index in [0.717, 1.165) is 23.8 Å². The molecule has 0 saturated heterocycles. The molecule has 146 valence electrons. The Hall–Kier alpha value is -3.07. The summed E-state index contributed by atoms with van der Waals surface area (Å²) in [4.78, 5) is 14.7. The zero-order valence-corrected chi connectivity index (χ0v) is 15.2. The Morgan fingerprint density at radius 1 is 1.14 bits per heavy atom. The number of aromatic amines is 1. The predicted molar refractivity (Wildman–Crippen MR) is 98.2 cm³/mol. The van der Waals surface area contributed by atoms with Gasteiger partial charge in [0.15, 0.2) is 0 Å². The minimum Gasteiger partial charge on any atom is -0.497 e. The van der Waals surface area contributed by atoms with Gasteiger partial charge in [-0.2, -0.15) is 13.2 Å². The van der Waals surface area contributed by atoms with Crippen molar-refractivity contribution in [1.29, 1.82) is 0 Å². The predicted octanol–water partition coefficient (Wildman–Crippen LogP) is 4.18. The molecule has 0 saturated carbocycles. The summed E-state index contributed by atoms with van der Waals surface area (Å²) in [5, 5.41) is 10.3. The van der Waals surface area contributed by atoms with E-state index in [2.05, 4.69) is 20.5 Å². The number of methoxy groups -OCH3 is 1. The lowest BCUT2D eigenvalue weighted by molar-refractivity contribution is -0.137. The van der Waals surface area contributed by atoms with Gasteiger partial charge in [0.2, 0.25) is 5.95 Å². The SMILES string of the molecule is COc1ccc(Cc2nnc(Nc3cc(C(F)(F)F)ccc3Cl)[nH]c2=O)cc1. The van der Waals surface area contributed by atoms with Gasteiger partial charge < -0.3 is 10.1 Å². The Bertz CT molecular complexity index is 1040. The second-order valence-electron chi connectivity index (χ2n) is 5.79. The zero-order valence-electron chi connectivity index (χ0n) is 14.5. The maximum Gasteiger partial charge on any atom is 0.416 e. The van der Waals surface area contributed by atoms with E-state index in [9.17, 15) is 18.0 Å². The molecule has 28 heavy (non-hydrogen) atoms. The van der Waals surface area contributed by atoms with Crippen molar-refractivity contribution in [2.45, 2.75) is 12.6 Å². The van der Waals surface area contributed by atoms with Gasteiger partial charge in [-0.05, 0) is 35.9 Å². The quantitative estimate of drug-likeness (QED) is 0.659. The van der Waals surface area contributed by atoms with Crippen molar-refractivity contribution in [3.05, 3.63) is 74.7 Å². The Morgan fingerprint density at radius 3 is 2.46 bits per heavy atom. The summed E-state index contributed by atoms with van der Waals surface area (Å²) in [7, 11) is 1.55. The fraction of sp³-hybridized carbons (Fsp3) is 0.167. The third-order valence-corrected chi connectivity index (χ3v) is 4.17. The number of anilines is 2. The Balaban J connectivity index is 1.80. The third kappa shape index (κ3) is 4.61. The van der Waals surface area contributed by atoms with Crippen LogP contribution in [-0.4, -0.2) is 22.3 Å². The summed E-state index contributed by atoms with van der Waals surface area (Å²) in [5.74, 6) is 0.561. The topological polar surface area (TPSA) is 79.9 Å². The number of ether oxygens (including phenoxy) is 1. The molecular formula is C18H14ClF3N4O2. The van der Waals surface area contributed by atoms with E-state index >= 15 is 0 Å². The van der Waals surface area contributed by atoms with Crippen LogP contribution in [0, 0.1) is 0 Å². The fourth-order valence-electron chi connectivity index (χ4n) is 2.39. The van der Waals surface area contributed by atoms with E-state index in [0.29, 0.717) is 5.75 Å². The number of halogens is 4. The van der Waals surface area contributed by atoms with E-state index in [1.807, 2.05) is 0 Å². The molecule has 0 aliphatic rings. The van der Waals surface area contributed by atoms with Crippen LogP contribution in [0.3, 0.4) is 0 Å². The van der Waals surface area contributed by atoms with Crippen LogP contribution < -0.4 is 15.6 Å². The summed E-state index contributed by atoms with van der Waals surface area (Å²) in [6.45, 7) is 0. The molecule has 3 rings (SSSR count). The molecule has 0 fully saturated rings. The van der Waals surface area contributed by atoms with Crippen LogP contribution in [0.15, 0.2) is 47.3 Å². The van der Waals surface area contributed by atoms with Crippen LogP contribution in [0.5, 0.6) is 5.75 Å². The molecule has 0 atom stereocenters. The molecule has 0 unspecified atom stereocenters. The van der Waals surface area contributed by atoms with Crippen molar-refractivity contribution in [1.82, 2.24) is 15.2 Å². The minimum absolute atomic E-state index is 0.0398. The summed E-state index contributed by atoms with van der Waals surface area (Å²) in [5.41, 5.74) is -0.473. The van der Waals surface area contributed by atoms with E-state index in [1.54, 1.807) is 31.4 Å². The van der Waals surface area contributed by atoms with Gasteiger partial charge in [0.05, 0.1) is 23.4 Å². The molecule has 0 amide bonds. The van der Waals surface area contributed by atoms with Gasteiger partial charge in [0.25, 0.3) is 5.56 Å². The summed E-state index contributed by atoms with van der Waals surface area (Å²) >= 11 is 5.92. The van der Waals surface area contributed by atoms with Gasteiger partial charge in [-0.15, -0.1) is 10.2 Å². The third-order valence-electron chi connectivity index (χ3n) is 3.84. The Kier molecular flexibility index (Phi) is 5.55. The number of rotatable bonds is 5. The maximum absolute atomic E-state index is 12.8. The van der Waals surface area contributed by atoms with Gasteiger partial charge in [-0.25, -0.2) is 0 Å². The van der Waals surface area contributed by atoms with Gasteiger partial charge in [-0.1, -0.05) is 23.7 Å². The van der Waals surface area contributed by atoms with Crippen molar-refractivity contribution in [3.63, 3.8) is 0 Å². The van der Waals surface area contributed by atoms with Gasteiger partial charge in [-0.3, -0.25) is 9.78 Å². The number of nitrogens with one attached hydrogen (secondary N) is 2. The molecule has 2 N–H and O–H groups in total. The average molecular weight is 411 g/mol. The number of H-pyrrole nitrogens is 1. The molecule has 0 aliphatic carbocycles. The van der Waals surface area contributed by atoms with Crippen molar-refractivity contribution in [2.75, 3.05) is 12.4 Å². The molecule has 1 aromatic heterocycles. The van der Waals surface area contributed by atoms with Gasteiger partial charge in [0.1, 0.15) is 11.4 Å². The van der Waals surface area contributed by atoms with Crippen LogP contribution in [0.4, 0.5) is 24.8 Å². The highest BCUT2D eigenvalue weighted by Gasteiger charge is 2.31. The summed E-state index contributed by atoms with van der Waals surface area (Å²) in [6.07, 6.45) is -4.29. The highest BCUT2D eigenvalue weighted by atomic mass is 35.5. The Morgan fingerprint density at radius 2 is 1.86 bits per heavy atom. The highest BCUT2D eigenvalue weighted by Crippen LogP contribution is 2.34. The normalized spacial score (nSPS) is 11.3. The molecule has 3 aromatic rings. The number of alkyl halides is 3. The first kappa shape index (κ1) is 19.7. The largest absolute Gasteiger partial charge is 0.497 e. The fourth-order valence-corrected chi connectivity index (χ4v) is 2.56. The monoisotopic (exact) mass is 410 g/mol. The maximum atomic E-state index is 12.8. The molecule has 0 bridgehead atoms. The number of hydrogen-bond acceptors (Lipinski definition) is 5. The summed E-state index contributed by atoms with van der Waals surface area (Å²) in [6, 6.07) is 9.87. The first-order valence-electron chi connectivity index (χ1n) is 7.99. The first-order chi connectivity index (χ1) is 13.3. The molecular weight excluding hydrogens is 397 g/mol. The average Bonchev–Trinajstić information content (AvgIpc) is 2.65. The van der Waals surface area contributed by atoms with Crippen molar-refractivity contribution < 1.29 is 17.9 Å². The van der Waals surface area contributed by atoms with E-state index in [4.69, 9.17) is 16.3 Å². The van der Waals surface area contributed by atoms with Crippen molar-refractivity contribution in [2.24, 2.45) is 0 Å². The second kappa shape index (κ2) is 7.89. The highest BCUT2D eigenvalue weighted by molar-refractivity contribution is 6.33. The van der Waals surface area contributed by atoms with Crippen LogP contribution in [-0.2, 0) is 12.6 Å². The number of benzene rings is 2. The van der Waals surface area contributed by atoms with Crippen LogP contribution >= 0.6 is 11.6 Å². The summed E-state index contributed by atoms with van der Waals surface area (Å²) < 4.78 is 43.6. The standard InChI is InChI=1S/C18H14ClF3N4O2/c1-28-12-5-2-10(3-6-12)8-15-16(27)24-17(26-25-15)23-14-9-11(18(20,21)22)4-7-13(14)19/h2-7,9H,8H2,1H3,(H2,23,24,26,27). The number of nitrogens with zero attached hydrogens (tertiary/aromatic N) is 2. The lowest BCUT2D eigenvalue weighted by Gasteiger charge is -2.11. The van der Waals surface area contributed by atoms with Crippen molar-refractivity contribution >= 4 is 23.2 Å². The van der Waals surface area contributed by atoms with Crippen LogP contribution in [0.2, 0.25) is 5.02 Å². The molecule has 2 aromatic carbocycles. The van der Waals surface area contributed by atoms with Crippen molar-refractivity contribution in [3.8, 4) is 5.75 Å². The lowest BCUT2D eigenvalue weighted by atomic mass is 10.1. The van der Waals surface area contributed by atoms with E-state index in [1.165, 1.54) is 0 Å². The second-order valence-corrected chi connectivity index (χ2v) is 6.20. The van der Waals surface area contributed by atoms with Crippen LogP contribution in [0.1, 0.15) is 16.8 Å². The smallest absolute Gasteiger partial charge is 0.416 e. The van der Waals surface area contributed by atoms with E-state index < -0.39 is 17.3 Å². The zero-order chi connectivity index (χ0) is 20.3. The molecule has 1 heterocycles. The number of hydrogen-bond donors (Lipinski definition) is 2. The van der Waals surface area contributed by atoms with Gasteiger partial charge in [0, 0.05) is 6.42 Å². The first-order valence-corrected chi connectivity index (χ1v) is 8.36. The van der Waals surface area contributed by atoms with E-state index in [-0.39, 0.29) is 28.8 Å². The van der Waals surface area contributed by atoms with Gasteiger partial charge >= 0.3 is 6.18 Å². The Labute approximate surface area is 162 Å². The molecule has 0 spiro atoms. The molecule has 0 aliphatic heterocycles. The van der Waals surface area contributed by atoms with Crippen LogP contribution in [0.25, 0.3) is 0 Å². The lowest BCUT2D eigenvalue weighted by Crippen LogP contribution is -2.19. The molecule has 0 radical (unpaired) electrons. The number of aromatic nitrogens is 3. The minimum atomic E-state index is -4.53. The molecule has 6 nitrogen and oxygen atoms in total.